The number of pyridine rings is 1. The number of amides is 1. The zero-order valence-electron chi connectivity index (χ0n) is 12.8. The van der Waals surface area contributed by atoms with Crippen LogP contribution in [-0.4, -0.2) is 42.9 Å². The lowest BCUT2D eigenvalue weighted by atomic mass is 9.89. The molecule has 5 heteroatoms. The number of aliphatic hydroxyl groups is 1. The summed E-state index contributed by atoms with van der Waals surface area (Å²) in [5, 5.41) is 11.5. The Bertz CT molecular complexity index is 513. The van der Waals surface area contributed by atoms with Crippen molar-refractivity contribution in [3.05, 3.63) is 29.6 Å². The summed E-state index contributed by atoms with van der Waals surface area (Å²) in [6.45, 7) is 5.18. The molecular formula is C16H22N2O3. The largest absolute Gasteiger partial charge is 0.385 e. The molecule has 1 aromatic rings. The molecule has 0 unspecified atom stereocenters. The van der Waals surface area contributed by atoms with Gasteiger partial charge >= 0.3 is 0 Å². The van der Waals surface area contributed by atoms with Crippen molar-refractivity contribution in [1.82, 2.24) is 10.3 Å². The summed E-state index contributed by atoms with van der Waals surface area (Å²) in [5.74, 6) is 5.06. The zero-order valence-corrected chi connectivity index (χ0v) is 12.8. The van der Waals surface area contributed by atoms with Crippen LogP contribution >= 0.6 is 0 Å². The van der Waals surface area contributed by atoms with Gasteiger partial charge in [-0.3, -0.25) is 4.79 Å². The Labute approximate surface area is 125 Å². The van der Waals surface area contributed by atoms with Crippen molar-refractivity contribution < 1.29 is 14.6 Å². The SMILES string of the molecule is COCCC(C)(C)CNC(=O)c1ccc(C#CCO)cn1. The number of aromatic nitrogens is 1. The summed E-state index contributed by atoms with van der Waals surface area (Å²) >= 11 is 0. The fraction of sp³-hybridized carbons (Fsp3) is 0.500. The van der Waals surface area contributed by atoms with Gasteiger partial charge < -0.3 is 15.2 Å². The molecule has 0 fully saturated rings. The molecule has 0 radical (unpaired) electrons. The van der Waals surface area contributed by atoms with E-state index in [1.54, 1.807) is 19.2 Å². The van der Waals surface area contributed by atoms with Crippen LogP contribution in [0.1, 0.15) is 36.3 Å². The minimum atomic E-state index is -0.206. The van der Waals surface area contributed by atoms with Crippen LogP contribution in [0, 0.1) is 17.3 Å². The molecule has 1 aromatic heterocycles. The minimum Gasteiger partial charge on any atom is -0.385 e. The van der Waals surface area contributed by atoms with Crippen LogP contribution in [0.25, 0.3) is 0 Å². The molecule has 1 rings (SSSR count). The van der Waals surface area contributed by atoms with Crippen LogP contribution in [0.3, 0.4) is 0 Å². The van der Waals surface area contributed by atoms with Crippen LogP contribution in [0.4, 0.5) is 0 Å². The van der Waals surface area contributed by atoms with Crippen LogP contribution < -0.4 is 5.32 Å². The van der Waals surface area contributed by atoms with Gasteiger partial charge in [0.05, 0.1) is 0 Å². The fourth-order valence-electron chi connectivity index (χ4n) is 1.62. The summed E-state index contributed by atoms with van der Waals surface area (Å²) < 4.78 is 5.06. The van der Waals surface area contributed by atoms with Gasteiger partial charge in [0.25, 0.3) is 5.91 Å². The van der Waals surface area contributed by atoms with Crippen molar-refractivity contribution in [2.75, 3.05) is 26.9 Å². The second kappa shape index (κ2) is 8.40. The zero-order chi connectivity index (χ0) is 15.7. The maximum Gasteiger partial charge on any atom is 0.269 e. The number of nitrogens with zero attached hydrogens (tertiary/aromatic N) is 1. The lowest BCUT2D eigenvalue weighted by molar-refractivity contribution is 0.0916. The average molecular weight is 290 g/mol. The second-order valence-corrected chi connectivity index (χ2v) is 5.48. The first-order valence-electron chi connectivity index (χ1n) is 6.81. The van der Waals surface area contributed by atoms with Gasteiger partial charge in [0, 0.05) is 32.0 Å². The molecule has 5 nitrogen and oxygen atoms in total. The first-order valence-corrected chi connectivity index (χ1v) is 6.81. The molecule has 1 heterocycles. The average Bonchev–Trinajstić information content (AvgIpc) is 2.49. The number of hydrogen-bond donors (Lipinski definition) is 2. The number of aliphatic hydroxyl groups excluding tert-OH is 1. The first-order chi connectivity index (χ1) is 9.98. The normalized spacial score (nSPS) is 10.7. The van der Waals surface area contributed by atoms with Gasteiger partial charge in [-0.15, -0.1) is 0 Å². The lowest BCUT2D eigenvalue weighted by Gasteiger charge is -2.24. The molecule has 114 valence electrons. The first kappa shape index (κ1) is 17.2. The maximum atomic E-state index is 12.0. The highest BCUT2D eigenvalue weighted by atomic mass is 16.5. The lowest BCUT2D eigenvalue weighted by Crippen LogP contribution is -2.35. The van der Waals surface area contributed by atoms with Gasteiger partial charge in [-0.25, -0.2) is 4.98 Å². The van der Waals surface area contributed by atoms with E-state index < -0.39 is 0 Å². The van der Waals surface area contributed by atoms with E-state index >= 15 is 0 Å². The highest BCUT2D eigenvalue weighted by Crippen LogP contribution is 2.18. The molecule has 1 amide bonds. The van der Waals surface area contributed by atoms with E-state index in [0.29, 0.717) is 24.4 Å². The Morgan fingerprint density at radius 3 is 2.81 bits per heavy atom. The standard InChI is InChI=1S/C16H22N2O3/c1-16(2,8-10-21-3)12-18-15(20)14-7-6-13(11-17-14)5-4-9-19/h6-7,11,19H,8-10,12H2,1-3H3,(H,18,20). The Morgan fingerprint density at radius 1 is 1.48 bits per heavy atom. The van der Waals surface area contributed by atoms with E-state index in [1.165, 1.54) is 6.20 Å². The van der Waals surface area contributed by atoms with Crippen molar-refractivity contribution in [2.45, 2.75) is 20.3 Å². The van der Waals surface area contributed by atoms with Crippen molar-refractivity contribution in [3.63, 3.8) is 0 Å². The number of rotatable bonds is 6. The van der Waals surface area contributed by atoms with Crippen LogP contribution in [-0.2, 0) is 4.74 Å². The summed E-state index contributed by atoms with van der Waals surface area (Å²) in [5.41, 5.74) is 0.992. The summed E-state index contributed by atoms with van der Waals surface area (Å²) in [6.07, 6.45) is 2.39. The Balaban J connectivity index is 2.56. The number of carbonyl (C=O) groups excluding carboxylic acids is 1. The topological polar surface area (TPSA) is 71.5 Å². The summed E-state index contributed by atoms with van der Waals surface area (Å²) in [4.78, 5) is 16.1. The van der Waals surface area contributed by atoms with Crippen molar-refractivity contribution in [3.8, 4) is 11.8 Å². The molecule has 0 saturated heterocycles. The predicted octanol–water partition coefficient (Wildman–Crippen LogP) is 1.22. The van der Waals surface area contributed by atoms with Gasteiger partial charge in [-0.2, -0.15) is 0 Å². The van der Waals surface area contributed by atoms with E-state index in [4.69, 9.17) is 9.84 Å². The molecule has 0 aliphatic heterocycles. The summed E-state index contributed by atoms with van der Waals surface area (Å²) in [6, 6.07) is 3.33. The third-order valence-corrected chi connectivity index (χ3v) is 3.02. The molecule has 0 saturated carbocycles. The van der Waals surface area contributed by atoms with Gasteiger partial charge in [-0.1, -0.05) is 25.7 Å². The number of ether oxygens (including phenoxy) is 1. The molecule has 21 heavy (non-hydrogen) atoms. The van der Waals surface area contributed by atoms with Crippen molar-refractivity contribution in [1.29, 1.82) is 0 Å². The van der Waals surface area contributed by atoms with Gasteiger partial charge in [0.2, 0.25) is 0 Å². The molecule has 0 atom stereocenters. The molecule has 0 bridgehead atoms. The van der Waals surface area contributed by atoms with E-state index in [1.807, 2.05) is 0 Å². The predicted molar refractivity (Wildman–Crippen MR) is 80.8 cm³/mol. The van der Waals surface area contributed by atoms with Crippen molar-refractivity contribution in [2.24, 2.45) is 5.41 Å². The van der Waals surface area contributed by atoms with E-state index in [-0.39, 0.29) is 17.9 Å². The smallest absolute Gasteiger partial charge is 0.269 e. The molecule has 0 spiro atoms. The monoisotopic (exact) mass is 290 g/mol. The van der Waals surface area contributed by atoms with Crippen molar-refractivity contribution >= 4 is 5.91 Å². The third kappa shape index (κ3) is 6.39. The molecule has 0 aliphatic carbocycles. The highest BCUT2D eigenvalue weighted by molar-refractivity contribution is 5.92. The quantitative estimate of drug-likeness (QED) is 0.773. The third-order valence-electron chi connectivity index (χ3n) is 3.02. The maximum absolute atomic E-state index is 12.0. The van der Waals surface area contributed by atoms with E-state index in [9.17, 15) is 4.79 Å². The molecular weight excluding hydrogens is 268 g/mol. The fourth-order valence-corrected chi connectivity index (χ4v) is 1.62. The highest BCUT2D eigenvalue weighted by Gasteiger charge is 2.19. The number of methoxy groups -OCH3 is 1. The Morgan fingerprint density at radius 2 is 2.24 bits per heavy atom. The molecule has 0 aromatic carbocycles. The summed E-state index contributed by atoms with van der Waals surface area (Å²) in [7, 11) is 1.67. The van der Waals surface area contributed by atoms with Gasteiger partial charge in [-0.05, 0) is 24.0 Å². The Kier molecular flexibility index (Phi) is 6.86. The number of hydrogen-bond acceptors (Lipinski definition) is 4. The number of nitrogens with one attached hydrogen (secondary N) is 1. The van der Waals surface area contributed by atoms with Crippen LogP contribution in [0.5, 0.6) is 0 Å². The van der Waals surface area contributed by atoms with E-state index in [2.05, 4.69) is 36.0 Å². The van der Waals surface area contributed by atoms with Crippen LogP contribution in [0.15, 0.2) is 18.3 Å². The Hall–Kier alpha value is -1.90. The molecule has 2 N–H and O–H groups in total. The van der Waals surface area contributed by atoms with Gasteiger partial charge in [0.15, 0.2) is 0 Å². The minimum absolute atomic E-state index is 0.0296. The molecule has 0 aliphatic rings. The number of carbonyl (C=O) groups is 1. The van der Waals surface area contributed by atoms with Crippen LogP contribution in [0.2, 0.25) is 0 Å². The van der Waals surface area contributed by atoms with Gasteiger partial charge in [0.1, 0.15) is 12.3 Å². The van der Waals surface area contributed by atoms with E-state index in [0.717, 1.165) is 6.42 Å². The second-order valence-electron chi connectivity index (χ2n) is 5.48.